The Morgan fingerprint density at radius 3 is 2.79 bits per heavy atom. The molecule has 1 aromatic carbocycles. The Balaban J connectivity index is 2.02. The zero-order valence-electron chi connectivity index (χ0n) is 12.9. The number of aryl methyl sites for hydroxylation is 1. The Hall–Kier alpha value is -2.23. The molecule has 8 nitrogen and oxygen atoms in total. The van der Waals surface area contributed by atoms with Crippen molar-refractivity contribution in [1.82, 2.24) is 14.6 Å². The fraction of sp³-hybridized carbons (Fsp3) is 0.333. The maximum Gasteiger partial charge on any atom is 0.322 e. The van der Waals surface area contributed by atoms with Crippen LogP contribution in [0.1, 0.15) is 5.56 Å². The summed E-state index contributed by atoms with van der Waals surface area (Å²) in [4.78, 5) is 25.3. The molecule has 2 aromatic rings. The van der Waals surface area contributed by atoms with Crippen LogP contribution in [0.5, 0.6) is 0 Å². The standard InChI is InChI=1S/C15H17N3O5S/c1-9-6-14(19)17-12-3-2-10(7-11(9)12)24(22,23)18-5-4-16-13(8-18)15(20)21/h2-3,6-7,13,16H,4-5,8H2,1H3,(H,17,19)(H,20,21)/t13-/m0/s1. The van der Waals surface area contributed by atoms with E-state index < -0.39 is 22.0 Å². The molecule has 1 fully saturated rings. The first-order valence-corrected chi connectivity index (χ1v) is 8.83. The average Bonchev–Trinajstić information content (AvgIpc) is 2.54. The predicted molar refractivity (Wildman–Crippen MR) is 87.5 cm³/mol. The first-order valence-electron chi connectivity index (χ1n) is 7.39. The first-order chi connectivity index (χ1) is 11.3. The molecule has 1 saturated heterocycles. The molecule has 0 bridgehead atoms. The Labute approximate surface area is 138 Å². The first kappa shape index (κ1) is 16.6. The number of sulfonamides is 1. The summed E-state index contributed by atoms with van der Waals surface area (Å²) in [5.74, 6) is -1.08. The third-order valence-corrected chi connectivity index (χ3v) is 5.96. The summed E-state index contributed by atoms with van der Waals surface area (Å²) in [6.07, 6.45) is 0. The van der Waals surface area contributed by atoms with Gasteiger partial charge in [0.15, 0.2) is 0 Å². The highest BCUT2D eigenvalue weighted by Crippen LogP contribution is 2.23. The van der Waals surface area contributed by atoms with Crippen molar-refractivity contribution in [2.24, 2.45) is 0 Å². The van der Waals surface area contributed by atoms with Crippen molar-refractivity contribution in [3.63, 3.8) is 0 Å². The van der Waals surface area contributed by atoms with Gasteiger partial charge in [-0.1, -0.05) is 0 Å². The summed E-state index contributed by atoms with van der Waals surface area (Å²) in [5, 5.41) is 12.5. The van der Waals surface area contributed by atoms with Crippen LogP contribution in [0.15, 0.2) is 34.0 Å². The van der Waals surface area contributed by atoms with E-state index in [2.05, 4.69) is 10.3 Å². The largest absolute Gasteiger partial charge is 0.480 e. The van der Waals surface area contributed by atoms with Crippen molar-refractivity contribution < 1.29 is 18.3 Å². The molecule has 0 radical (unpaired) electrons. The van der Waals surface area contributed by atoms with Crippen molar-refractivity contribution in [1.29, 1.82) is 0 Å². The molecule has 24 heavy (non-hydrogen) atoms. The maximum atomic E-state index is 12.8. The number of benzene rings is 1. The molecule has 0 unspecified atom stereocenters. The normalized spacial score (nSPS) is 19.5. The van der Waals surface area contributed by atoms with Gasteiger partial charge in [-0.25, -0.2) is 8.42 Å². The number of aliphatic carboxylic acids is 1. The molecular weight excluding hydrogens is 334 g/mol. The number of fused-ring (bicyclic) bond motifs is 1. The number of H-pyrrole nitrogens is 1. The Bertz CT molecular complexity index is 967. The third-order valence-electron chi connectivity index (χ3n) is 4.10. The molecule has 9 heteroatoms. The van der Waals surface area contributed by atoms with Gasteiger partial charge in [0.25, 0.3) is 0 Å². The van der Waals surface area contributed by atoms with E-state index in [4.69, 9.17) is 5.11 Å². The number of aromatic nitrogens is 1. The molecule has 0 saturated carbocycles. The summed E-state index contributed by atoms with van der Waals surface area (Å²) in [5.41, 5.74) is 0.985. The number of hydrogen-bond acceptors (Lipinski definition) is 5. The molecular formula is C15H17N3O5S. The molecule has 1 aliphatic heterocycles. The second kappa shape index (κ2) is 6.00. The second-order valence-electron chi connectivity index (χ2n) is 5.73. The number of aromatic amines is 1. The number of pyridine rings is 1. The number of carbonyl (C=O) groups is 1. The SMILES string of the molecule is Cc1cc(=O)[nH]c2ccc(S(=O)(=O)N3CCN[C@H](C(=O)O)C3)cc12. The van der Waals surface area contributed by atoms with Crippen LogP contribution in [0.3, 0.4) is 0 Å². The molecule has 2 heterocycles. The van der Waals surface area contributed by atoms with E-state index in [-0.39, 0.29) is 30.1 Å². The van der Waals surface area contributed by atoms with E-state index in [1.165, 1.54) is 22.5 Å². The highest BCUT2D eigenvalue weighted by molar-refractivity contribution is 7.89. The molecule has 1 aliphatic rings. The van der Waals surface area contributed by atoms with Gasteiger partial charge in [0.2, 0.25) is 15.6 Å². The van der Waals surface area contributed by atoms with E-state index >= 15 is 0 Å². The summed E-state index contributed by atoms with van der Waals surface area (Å²) in [6.45, 7) is 2.09. The van der Waals surface area contributed by atoms with Gasteiger partial charge < -0.3 is 15.4 Å². The number of carboxylic acid groups (broad SMARTS) is 1. The summed E-state index contributed by atoms with van der Waals surface area (Å²) in [6, 6.07) is 4.96. The Morgan fingerprint density at radius 2 is 2.08 bits per heavy atom. The highest BCUT2D eigenvalue weighted by Gasteiger charge is 2.33. The van der Waals surface area contributed by atoms with Crippen molar-refractivity contribution in [3.8, 4) is 0 Å². The van der Waals surface area contributed by atoms with Crippen molar-refractivity contribution in [2.75, 3.05) is 19.6 Å². The lowest BCUT2D eigenvalue weighted by atomic mass is 10.1. The van der Waals surface area contributed by atoms with Gasteiger partial charge in [-0.05, 0) is 30.7 Å². The second-order valence-corrected chi connectivity index (χ2v) is 7.67. The fourth-order valence-corrected chi connectivity index (χ4v) is 4.30. The quantitative estimate of drug-likeness (QED) is 0.709. The van der Waals surface area contributed by atoms with Crippen molar-refractivity contribution >= 4 is 26.9 Å². The minimum atomic E-state index is -3.81. The zero-order chi connectivity index (χ0) is 17.5. The van der Waals surface area contributed by atoms with E-state index in [0.29, 0.717) is 16.5 Å². The van der Waals surface area contributed by atoms with Gasteiger partial charge in [-0.15, -0.1) is 0 Å². The number of nitrogens with zero attached hydrogens (tertiary/aromatic N) is 1. The summed E-state index contributed by atoms with van der Waals surface area (Å²) >= 11 is 0. The molecule has 128 valence electrons. The van der Waals surface area contributed by atoms with Crippen LogP contribution in [0.4, 0.5) is 0 Å². The number of piperazine rings is 1. The molecule has 0 amide bonds. The van der Waals surface area contributed by atoms with Crippen LogP contribution in [0, 0.1) is 6.92 Å². The van der Waals surface area contributed by atoms with E-state index in [0.717, 1.165) is 0 Å². The van der Waals surface area contributed by atoms with Crippen LogP contribution in [-0.4, -0.2) is 54.5 Å². The highest BCUT2D eigenvalue weighted by atomic mass is 32.2. The lowest BCUT2D eigenvalue weighted by Gasteiger charge is -2.30. The lowest BCUT2D eigenvalue weighted by Crippen LogP contribution is -2.55. The zero-order valence-corrected chi connectivity index (χ0v) is 13.8. The maximum absolute atomic E-state index is 12.8. The summed E-state index contributed by atoms with van der Waals surface area (Å²) in [7, 11) is -3.81. The Kier molecular flexibility index (Phi) is 4.16. The molecule has 3 N–H and O–H groups in total. The fourth-order valence-electron chi connectivity index (χ4n) is 2.82. The third kappa shape index (κ3) is 2.93. The average molecular weight is 351 g/mol. The van der Waals surface area contributed by atoms with Gasteiger partial charge in [0.05, 0.1) is 4.90 Å². The van der Waals surface area contributed by atoms with Crippen LogP contribution >= 0.6 is 0 Å². The van der Waals surface area contributed by atoms with Gasteiger partial charge in [-0.2, -0.15) is 4.31 Å². The van der Waals surface area contributed by atoms with Crippen LogP contribution in [0.2, 0.25) is 0 Å². The molecule has 0 aliphatic carbocycles. The van der Waals surface area contributed by atoms with Crippen LogP contribution < -0.4 is 10.9 Å². The minimum Gasteiger partial charge on any atom is -0.480 e. The Morgan fingerprint density at radius 1 is 1.33 bits per heavy atom. The lowest BCUT2D eigenvalue weighted by molar-refractivity contribution is -0.140. The van der Waals surface area contributed by atoms with Gasteiger partial charge in [-0.3, -0.25) is 9.59 Å². The molecule has 3 rings (SSSR count). The molecule has 0 spiro atoms. The van der Waals surface area contributed by atoms with Crippen molar-refractivity contribution in [2.45, 2.75) is 17.9 Å². The van der Waals surface area contributed by atoms with Crippen LogP contribution in [-0.2, 0) is 14.8 Å². The van der Waals surface area contributed by atoms with Gasteiger partial charge >= 0.3 is 5.97 Å². The smallest absolute Gasteiger partial charge is 0.322 e. The van der Waals surface area contributed by atoms with E-state index in [1.807, 2.05) is 0 Å². The molecule has 1 aromatic heterocycles. The topological polar surface area (TPSA) is 120 Å². The number of rotatable bonds is 3. The number of nitrogens with one attached hydrogen (secondary N) is 2. The van der Waals surface area contributed by atoms with Crippen molar-refractivity contribution in [3.05, 3.63) is 40.2 Å². The monoisotopic (exact) mass is 351 g/mol. The van der Waals surface area contributed by atoms with E-state index in [9.17, 15) is 18.0 Å². The van der Waals surface area contributed by atoms with Gasteiger partial charge in [0, 0.05) is 36.6 Å². The predicted octanol–water partition coefficient (Wildman–Crippen LogP) is -0.116. The number of hydrogen-bond donors (Lipinski definition) is 3. The minimum absolute atomic E-state index is 0.0798. The summed E-state index contributed by atoms with van der Waals surface area (Å²) < 4.78 is 26.8. The molecule has 1 atom stereocenters. The van der Waals surface area contributed by atoms with Gasteiger partial charge in [0.1, 0.15) is 6.04 Å². The van der Waals surface area contributed by atoms with E-state index in [1.54, 1.807) is 13.0 Å². The van der Waals surface area contributed by atoms with Crippen LogP contribution in [0.25, 0.3) is 10.9 Å². The number of carboxylic acids is 1.